The first-order chi connectivity index (χ1) is 11.0. The van der Waals surface area contributed by atoms with Gasteiger partial charge < -0.3 is 4.90 Å². The molecule has 0 saturated carbocycles. The zero-order valence-corrected chi connectivity index (χ0v) is 15.4. The lowest BCUT2D eigenvalue weighted by Crippen LogP contribution is -2.51. The highest BCUT2D eigenvalue weighted by Crippen LogP contribution is 2.32. The van der Waals surface area contributed by atoms with Gasteiger partial charge in [0.1, 0.15) is 0 Å². The first-order valence-corrected chi connectivity index (χ1v) is 9.19. The highest BCUT2D eigenvalue weighted by atomic mass is 32.1. The molecule has 1 aromatic heterocycles. The molecule has 1 amide bonds. The van der Waals surface area contributed by atoms with E-state index in [0.717, 1.165) is 43.6 Å². The van der Waals surface area contributed by atoms with E-state index < -0.39 is 0 Å². The van der Waals surface area contributed by atoms with E-state index in [9.17, 15) is 4.79 Å². The van der Waals surface area contributed by atoms with Crippen LogP contribution in [0, 0.1) is 13.8 Å². The number of hydrogen-bond donors (Lipinski definition) is 0. The Morgan fingerprint density at radius 2 is 2.22 bits per heavy atom. The van der Waals surface area contributed by atoms with E-state index in [1.807, 2.05) is 17.9 Å². The molecule has 0 unspecified atom stereocenters. The molecule has 0 spiro atoms. The summed E-state index contributed by atoms with van der Waals surface area (Å²) in [4.78, 5) is 18.7. The second-order valence-electron chi connectivity index (χ2n) is 6.50. The van der Waals surface area contributed by atoms with Gasteiger partial charge in [-0.25, -0.2) is 0 Å². The van der Waals surface area contributed by atoms with E-state index in [2.05, 4.69) is 37.3 Å². The number of piperidine rings is 1. The van der Waals surface area contributed by atoms with Gasteiger partial charge in [-0.05, 0) is 51.1 Å². The maximum absolute atomic E-state index is 13.3. The molecule has 1 saturated heterocycles. The van der Waals surface area contributed by atoms with Gasteiger partial charge in [-0.1, -0.05) is 24.6 Å². The average Bonchev–Trinajstić information content (AvgIpc) is 2.83. The Bertz CT molecular complexity index is 571. The zero-order valence-electron chi connectivity index (χ0n) is 14.6. The van der Waals surface area contributed by atoms with Crippen LogP contribution in [0.3, 0.4) is 0 Å². The van der Waals surface area contributed by atoms with Crippen LogP contribution < -0.4 is 4.90 Å². The summed E-state index contributed by atoms with van der Waals surface area (Å²) in [6, 6.07) is -0.0425. The molecule has 0 radical (unpaired) electrons. The Morgan fingerprint density at radius 1 is 1.48 bits per heavy atom. The Kier molecular flexibility index (Phi) is 6.19. The molecular weight excluding hydrogens is 304 g/mol. The maximum Gasteiger partial charge on any atom is 0.244 e. The number of rotatable bonds is 6. The van der Waals surface area contributed by atoms with E-state index in [4.69, 9.17) is 0 Å². The van der Waals surface area contributed by atoms with Crippen molar-refractivity contribution in [3.8, 4) is 0 Å². The third kappa shape index (κ3) is 4.12. The number of likely N-dealkylation sites (tertiary alicyclic amines) is 1. The van der Waals surface area contributed by atoms with Gasteiger partial charge in [0.05, 0.1) is 11.7 Å². The summed E-state index contributed by atoms with van der Waals surface area (Å²) < 4.78 is 0. The minimum atomic E-state index is -0.0425. The largest absolute Gasteiger partial charge is 0.306 e. The van der Waals surface area contributed by atoms with Crippen LogP contribution in [0.1, 0.15) is 36.6 Å². The molecule has 1 aromatic rings. The molecule has 23 heavy (non-hydrogen) atoms. The molecule has 1 fully saturated rings. The summed E-state index contributed by atoms with van der Waals surface area (Å²) in [7, 11) is 0. The molecular formula is C19H28N2OS. The minimum Gasteiger partial charge on any atom is -0.306 e. The number of carbonyl (C=O) groups excluding carboxylic acids is 1. The molecule has 2 heterocycles. The van der Waals surface area contributed by atoms with Crippen LogP contribution in [0.25, 0.3) is 0 Å². The van der Waals surface area contributed by atoms with Gasteiger partial charge in [0, 0.05) is 18.0 Å². The van der Waals surface area contributed by atoms with Crippen LogP contribution in [0.2, 0.25) is 0 Å². The summed E-state index contributed by atoms with van der Waals surface area (Å²) in [6.07, 6.45) is 5.03. The molecule has 1 atom stereocenters. The summed E-state index contributed by atoms with van der Waals surface area (Å²) in [5, 5.41) is 2.13. The van der Waals surface area contributed by atoms with Crippen LogP contribution in [0.4, 0.5) is 5.69 Å². The molecule has 0 N–H and O–H groups in total. The van der Waals surface area contributed by atoms with Crippen molar-refractivity contribution in [1.29, 1.82) is 0 Å². The standard InChI is InChI=1S/C19H28N2OS/c1-6-10-21(18-15(4)13-23-16(18)5)19(22)17-9-7-8-11-20(17)12-14(2)3/h6,13,17H,1-2,7-12H2,3-5H3/t17-/m0/s1. The van der Waals surface area contributed by atoms with Gasteiger partial charge in [-0.3, -0.25) is 9.69 Å². The summed E-state index contributed by atoms with van der Waals surface area (Å²) in [5.74, 6) is 0.204. The maximum atomic E-state index is 13.3. The second kappa shape index (κ2) is 7.93. The molecule has 0 aliphatic carbocycles. The SMILES string of the molecule is C=CCN(C(=O)[C@@H]1CCCCN1CC(=C)C)c1c(C)csc1C. The predicted octanol–water partition coefficient (Wildman–Crippen LogP) is 4.31. The lowest BCUT2D eigenvalue weighted by atomic mass is 9.99. The van der Waals surface area contributed by atoms with Crippen LogP contribution in [-0.2, 0) is 4.79 Å². The normalized spacial score (nSPS) is 18.7. The molecule has 0 bridgehead atoms. The van der Waals surface area contributed by atoms with Gasteiger partial charge in [-0.15, -0.1) is 17.9 Å². The third-order valence-electron chi connectivity index (χ3n) is 4.34. The predicted molar refractivity (Wildman–Crippen MR) is 100 cm³/mol. The number of anilines is 1. The summed E-state index contributed by atoms with van der Waals surface area (Å²) in [6.45, 7) is 16.4. The quantitative estimate of drug-likeness (QED) is 0.725. The number of hydrogen-bond acceptors (Lipinski definition) is 3. The van der Waals surface area contributed by atoms with Gasteiger partial charge >= 0.3 is 0 Å². The highest BCUT2D eigenvalue weighted by molar-refractivity contribution is 7.10. The number of amides is 1. The fourth-order valence-electron chi connectivity index (χ4n) is 3.38. The van der Waals surface area contributed by atoms with Crippen molar-refractivity contribution in [3.63, 3.8) is 0 Å². The number of thiophene rings is 1. The Morgan fingerprint density at radius 3 is 2.78 bits per heavy atom. The minimum absolute atomic E-state index is 0.0425. The van der Waals surface area contributed by atoms with E-state index in [-0.39, 0.29) is 11.9 Å². The summed E-state index contributed by atoms with van der Waals surface area (Å²) >= 11 is 1.70. The monoisotopic (exact) mass is 332 g/mol. The van der Waals surface area contributed by atoms with Crippen molar-refractivity contribution in [2.75, 3.05) is 24.5 Å². The third-order valence-corrected chi connectivity index (χ3v) is 5.36. The lowest BCUT2D eigenvalue weighted by Gasteiger charge is -2.37. The van der Waals surface area contributed by atoms with E-state index in [1.165, 1.54) is 10.4 Å². The van der Waals surface area contributed by atoms with Crippen molar-refractivity contribution in [2.45, 2.75) is 46.1 Å². The lowest BCUT2D eigenvalue weighted by molar-refractivity contribution is -0.124. The van der Waals surface area contributed by atoms with Crippen molar-refractivity contribution in [2.24, 2.45) is 0 Å². The first-order valence-electron chi connectivity index (χ1n) is 8.31. The average molecular weight is 333 g/mol. The van der Waals surface area contributed by atoms with E-state index >= 15 is 0 Å². The van der Waals surface area contributed by atoms with Gasteiger partial charge in [-0.2, -0.15) is 0 Å². The van der Waals surface area contributed by atoms with E-state index in [1.54, 1.807) is 11.3 Å². The molecule has 1 aliphatic heterocycles. The van der Waals surface area contributed by atoms with Crippen LogP contribution >= 0.6 is 11.3 Å². The van der Waals surface area contributed by atoms with Crippen molar-refractivity contribution in [3.05, 3.63) is 40.6 Å². The van der Waals surface area contributed by atoms with E-state index in [0.29, 0.717) is 6.54 Å². The molecule has 4 heteroatoms. The van der Waals surface area contributed by atoms with Gasteiger partial charge in [0.2, 0.25) is 5.91 Å². The van der Waals surface area contributed by atoms with Crippen LogP contribution in [0.15, 0.2) is 30.2 Å². The molecule has 3 nitrogen and oxygen atoms in total. The van der Waals surface area contributed by atoms with Crippen molar-refractivity contribution < 1.29 is 4.79 Å². The Hall–Kier alpha value is -1.39. The topological polar surface area (TPSA) is 23.6 Å². The number of aryl methyl sites for hydroxylation is 2. The number of carbonyl (C=O) groups is 1. The fourth-order valence-corrected chi connectivity index (χ4v) is 4.22. The van der Waals surface area contributed by atoms with Crippen LogP contribution in [-0.4, -0.2) is 36.5 Å². The first kappa shape index (κ1) is 18.0. The molecule has 1 aliphatic rings. The van der Waals surface area contributed by atoms with Crippen LogP contribution in [0.5, 0.6) is 0 Å². The molecule has 0 aromatic carbocycles. The Balaban J connectivity index is 2.29. The van der Waals surface area contributed by atoms with Crippen molar-refractivity contribution in [1.82, 2.24) is 4.90 Å². The Labute approximate surface area is 144 Å². The smallest absolute Gasteiger partial charge is 0.244 e. The van der Waals surface area contributed by atoms with Gasteiger partial charge in [0.15, 0.2) is 0 Å². The zero-order chi connectivity index (χ0) is 17.0. The van der Waals surface area contributed by atoms with Gasteiger partial charge in [0.25, 0.3) is 0 Å². The highest BCUT2D eigenvalue weighted by Gasteiger charge is 2.33. The number of nitrogens with zero attached hydrogens (tertiary/aromatic N) is 2. The molecule has 126 valence electrons. The van der Waals surface area contributed by atoms with Crippen molar-refractivity contribution >= 4 is 22.9 Å². The fraction of sp³-hybridized carbons (Fsp3) is 0.526. The second-order valence-corrected chi connectivity index (χ2v) is 7.58. The molecule has 2 rings (SSSR count). The summed E-state index contributed by atoms with van der Waals surface area (Å²) in [5.41, 5.74) is 3.36.